The first kappa shape index (κ1) is 18.9. The Morgan fingerprint density at radius 2 is 1.79 bits per heavy atom. The fourth-order valence-corrected chi connectivity index (χ4v) is 2.93. The van der Waals surface area contributed by atoms with Crippen LogP contribution in [-0.2, 0) is 17.1 Å². The van der Waals surface area contributed by atoms with Crippen molar-refractivity contribution in [3.8, 4) is 11.4 Å². The van der Waals surface area contributed by atoms with Crippen molar-refractivity contribution in [2.45, 2.75) is 5.21 Å². The number of anilines is 1. The van der Waals surface area contributed by atoms with E-state index in [9.17, 15) is 9.18 Å². The van der Waals surface area contributed by atoms with E-state index < -0.39 is 16.9 Å². The Morgan fingerprint density at radius 3 is 2.48 bits per heavy atom. The molecule has 0 aliphatic heterocycles. The zero-order valence-corrected chi connectivity index (χ0v) is 15.5. The molecule has 0 unspecified atom stereocenters. The first-order valence-corrected chi connectivity index (χ1v) is 8.72. The lowest BCUT2D eigenvalue weighted by molar-refractivity contribution is -0.117. The minimum Gasteiger partial charge on any atom is -0.332 e. The maximum absolute atomic E-state index is 13.1. The van der Waals surface area contributed by atoms with E-state index in [1.807, 2.05) is 17.7 Å². The number of aryl methyl sites for hydroxylation is 1. The van der Waals surface area contributed by atoms with Crippen LogP contribution in [0.1, 0.15) is 5.56 Å². The van der Waals surface area contributed by atoms with Gasteiger partial charge in [0.15, 0.2) is 0 Å². The van der Waals surface area contributed by atoms with Gasteiger partial charge in [0, 0.05) is 24.8 Å². The van der Waals surface area contributed by atoms with E-state index in [0.29, 0.717) is 0 Å². The molecular weight excluding hydrogens is 367 g/mol. The van der Waals surface area contributed by atoms with Gasteiger partial charge >= 0.3 is 0 Å². The number of carbonyl (C=O) groups excluding carboxylic acids is 1. The lowest BCUT2D eigenvalue weighted by Crippen LogP contribution is -2.41. The molecule has 1 aromatic carbocycles. The smallest absolute Gasteiger partial charge is 0.218 e. The number of nitrogens with one attached hydrogen (secondary N) is 1. The summed E-state index contributed by atoms with van der Waals surface area (Å²) in [5, 5.41) is 2.40. The molecule has 0 atom stereocenters. The first-order chi connectivity index (χ1) is 13.8. The van der Waals surface area contributed by atoms with Crippen molar-refractivity contribution in [2.75, 3.05) is 5.32 Å². The molecule has 1 amide bonds. The van der Waals surface area contributed by atoms with Crippen molar-refractivity contribution in [2.24, 2.45) is 7.05 Å². The van der Waals surface area contributed by atoms with Crippen LogP contribution in [0.2, 0.25) is 0 Å². The number of hydrogen-bond donors (Lipinski definition) is 1. The molecule has 9 heteroatoms. The monoisotopic (exact) mass is 381 g/mol. The van der Waals surface area contributed by atoms with Crippen molar-refractivity contribution < 1.29 is 9.18 Å². The Hall–Kier alpha value is -3.48. The second-order valence-corrected chi connectivity index (χ2v) is 6.71. The van der Waals surface area contributed by atoms with E-state index in [0.717, 1.165) is 22.2 Å². The lowest BCUT2D eigenvalue weighted by atomic mass is 9.50. The summed E-state index contributed by atoms with van der Waals surface area (Å²) in [7, 11) is 13.9. The Morgan fingerprint density at radius 1 is 1.07 bits per heavy atom. The number of halogens is 1. The zero-order chi connectivity index (χ0) is 20.6. The Balaban J connectivity index is 1.63. The molecule has 0 saturated heterocycles. The highest BCUT2D eigenvalue weighted by Crippen LogP contribution is 2.24. The van der Waals surface area contributed by atoms with Gasteiger partial charge in [0.2, 0.25) is 5.91 Å². The van der Waals surface area contributed by atoms with Crippen molar-refractivity contribution in [1.82, 2.24) is 19.5 Å². The van der Waals surface area contributed by atoms with E-state index in [4.69, 9.17) is 15.7 Å². The van der Waals surface area contributed by atoms with E-state index in [2.05, 4.69) is 20.3 Å². The predicted molar refractivity (Wildman–Crippen MR) is 110 cm³/mol. The van der Waals surface area contributed by atoms with Gasteiger partial charge in [0.25, 0.3) is 0 Å². The van der Waals surface area contributed by atoms with Gasteiger partial charge in [0.1, 0.15) is 11.6 Å². The number of amides is 1. The average molecular weight is 381 g/mol. The second-order valence-electron chi connectivity index (χ2n) is 6.71. The number of hydrogen-bond acceptors (Lipinski definition) is 4. The number of benzene rings is 1. The average Bonchev–Trinajstić information content (AvgIpc) is 3.13. The summed E-state index contributed by atoms with van der Waals surface area (Å²) in [6.45, 7) is 0. The van der Waals surface area contributed by atoms with Gasteiger partial charge in [-0.15, -0.1) is 0 Å². The normalized spacial score (nSPS) is 11.5. The maximum atomic E-state index is 13.1. The number of aromatic nitrogens is 4. The van der Waals surface area contributed by atoms with Gasteiger partial charge in [-0.1, -0.05) is 12.1 Å². The summed E-state index contributed by atoms with van der Waals surface area (Å²) >= 11 is 0. The highest BCUT2D eigenvalue weighted by molar-refractivity contribution is 6.52. The van der Waals surface area contributed by atoms with Crippen LogP contribution in [0, 0.1) is 5.82 Å². The molecule has 4 aromatic rings. The molecule has 0 spiro atoms. The fraction of sp³-hybridized carbons (Fsp3) is 0.100. The van der Waals surface area contributed by atoms with Gasteiger partial charge in [-0.25, -0.2) is 14.4 Å². The Labute approximate surface area is 169 Å². The third-order valence-corrected chi connectivity index (χ3v) is 4.62. The highest BCUT2D eigenvalue weighted by atomic mass is 19.1. The lowest BCUT2D eigenvalue weighted by Gasteiger charge is -2.25. The maximum Gasteiger partial charge on any atom is 0.218 e. The second kappa shape index (κ2) is 7.16. The van der Waals surface area contributed by atoms with Crippen LogP contribution < -0.4 is 5.32 Å². The predicted octanol–water partition coefficient (Wildman–Crippen LogP) is 2.30. The van der Waals surface area contributed by atoms with Crippen LogP contribution in [0.3, 0.4) is 0 Å². The van der Waals surface area contributed by atoms with Crippen LogP contribution in [-0.4, -0.2) is 41.1 Å². The molecule has 3 heterocycles. The number of pyridine rings is 2. The van der Waals surface area contributed by atoms with Crippen molar-refractivity contribution >= 4 is 38.2 Å². The summed E-state index contributed by atoms with van der Waals surface area (Å²) in [6, 6.07) is 8.71. The van der Waals surface area contributed by atoms with Gasteiger partial charge in [-0.3, -0.25) is 9.78 Å². The SMILES string of the molecule is [B]C([B])(C(=O)Nc1cc2cc(-c3cncn3C)ncc2cn1)c1ccc(F)cc1. The van der Waals surface area contributed by atoms with Crippen LogP contribution in [0.25, 0.3) is 22.2 Å². The van der Waals surface area contributed by atoms with Crippen molar-refractivity contribution in [1.29, 1.82) is 0 Å². The largest absolute Gasteiger partial charge is 0.332 e. The van der Waals surface area contributed by atoms with Crippen LogP contribution in [0.4, 0.5) is 10.2 Å². The molecule has 3 aromatic heterocycles. The third-order valence-electron chi connectivity index (χ3n) is 4.62. The number of rotatable bonds is 4. The summed E-state index contributed by atoms with van der Waals surface area (Å²) in [5.41, 5.74) is 1.87. The molecule has 0 aliphatic carbocycles. The van der Waals surface area contributed by atoms with Crippen LogP contribution in [0.5, 0.6) is 0 Å². The Kier molecular flexibility index (Phi) is 4.66. The topological polar surface area (TPSA) is 72.7 Å². The van der Waals surface area contributed by atoms with Crippen molar-refractivity contribution in [3.05, 3.63) is 72.7 Å². The molecule has 29 heavy (non-hydrogen) atoms. The van der Waals surface area contributed by atoms with Crippen LogP contribution >= 0.6 is 0 Å². The molecule has 4 radical (unpaired) electrons. The van der Waals surface area contributed by atoms with E-state index in [-0.39, 0.29) is 11.4 Å². The van der Waals surface area contributed by atoms with Gasteiger partial charge < -0.3 is 9.88 Å². The summed E-state index contributed by atoms with van der Waals surface area (Å²) in [4.78, 5) is 25.4. The summed E-state index contributed by atoms with van der Waals surface area (Å²) < 4.78 is 15.0. The molecule has 4 rings (SSSR count). The number of carbonyl (C=O) groups is 1. The summed E-state index contributed by atoms with van der Waals surface area (Å²) in [6.07, 6.45) is 6.71. The Bertz CT molecular complexity index is 1210. The number of fused-ring (bicyclic) bond motifs is 1. The summed E-state index contributed by atoms with van der Waals surface area (Å²) in [5.74, 6) is -0.831. The standard InChI is InChI=1S/C20H14B2FN5O/c1-28-11-24-10-17(28)16-6-12-7-18(26-9-13(12)8-25-16)27-19(29)20(21,22)14-2-4-15(23)5-3-14/h2-11H,1H3,(H,26,27,29). The minimum absolute atomic E-state index is 0.278. The molecule has 0 bridgehead atoms. The van der Waals surface area contributed by atoms with E-state index >= 15 is 0 Å². The van der Waals surface area contributed by atoms with E-state index in [1.165, 1.54) is 24.3 Å². The molecule has 6 nitrogen and oxygen atoms in total. The molecule has 0 fully saturated rings. The zero-order valence-electron chi connectivity index (χ0n) is 15.5. The van der Waals surface area contributed by atoms with Crippen molar-refractivity contribution in [3.63, 3.8) is 0 Å². The molecule has 1 N–H and O–H groups in total. The first-order valence-electron chi connectivity index (χ1n) is 8.72. The third kappa shape index (κ3) is 3.63. The van der Waals surface area contributed by atoms with Gasteiger partial charge in [0.05, 0.1) is 39.6 Å². The number of nitrogens with zero attached hydrogens (tertiary/aromatic N) is 4. The molecular formula is C20H14B2FN5O. The number of imidazole rings is 1. The minimum atomic E-state index is -1.84. The molecule has 0 aliphatic rings. The van der Waals surface area contributed by atoms with Gasteiger partial charge in [-0.2, -0.15) is 0 Å². The fourth-order valence-electron chi connectivity index (χ4n) is 2.93. The van der Waals surface area contributed by atoms with E-state index in [1.54, 1.807) is 31.0 Å². The highest BCUT2D eigenvalue weighted by Gasteiger charge is 2.29. The van der Waals surface area contributed by atoms with Gasteiger partial charge in [-0.05, 0) is 40.4 Å². The quantitative estimate of drug-likeness (QED) is 0.551. The molecule has 138 valence electrons. The molecule has 0 saturated carbocycles. The van der Waals surface area contributed by atoms with Crippen LogP contribution in [0.15, 0.2) is 61.3 Å².